The van der Waals surface area contributed by atoms with Crippen molar-refractivity contribution in [3.63, 3.8) is 0 Å². The molecule has 0 aromatic rings. The first-order valence-corrected chi connectivity index (χ1v) is 4.24. The van der Waals surface area contributed by atoms with E-state index >= 15 is 0 Å². The van der Waals surface area contributed by atoms with E-state index in [9.17, 15) is 9.18 Å². The number of aliphatic carboxylic acids is 1. The highest BCUT2D eigenvalue weighted by atomic mass is 35.5. The summed E-state index contributed by atoms with van der Waals surface area (Å²) in [6.45, 7) is 0.498. The molecule has 0 aromatic carbocycles. The van der Waals surface area contributed by atoms with Crippen molar-refractivity contribution in [1.29, 1.82) is 0 Å². The lowest BCUT2D eigenvalue weighted by Gasteiger charge is -2.28. The maximum atomic E-state index is 14.0. The van der Waals surface area contributed by atoms with Crippen molar-refractivity contribution < 1.29 is 14.3 Å². The monoisotopic (exact) mass is 209 g/mol. The largest absolute Gasteiger partial charge is 0.481 e. The molecular weight excluding hydrogens is 197 g/mol. The van der Waals surface area contributed by atoms with Crippen molar-refractivity contribution in [3.8, 4) is 0 Å². The van der Waals surface area contributed by atoms with Crippen LogP contribution >= 0.6 is 12.4 Å². The van der Waals surface area contributed by atoms with Crippen molar-refractivity contribution in [1.82, 2.24) is 5.32 Å². The van der Waals surface area contributed by atoms with Crippen molar-refractivity contribution in [3.05, 3.63) is 0 Å². The third-order valence-corrected chi connectivity index (χ3v) is 3.28. The molecule has 5 heteroatoms. The molecule has 2 aliphatic rings. The van der Waals surface area contributed by atoms with E-state index in [4.69, 9.17) is 5.11 Å². The average molecular weight is 210 g/mol. The highest BCUT2D eigenvalue weighted by molar-refractivity contribution is 5.85. The smallest absolute Gasteiger partial charge is 0.314 e. The number of halogens is 2. The molecule has 0 aromatic heterocycles. The molecule has 2 fully saturated rings. The minimum absolute atomic E-state index is 0. The third kappa shape index (κ3) is 1.15. The summed E-state index contributed by atoms with van der Waals surface area (Å²) in [6.07, 6.45) is 1.57. The first kappa shape index (κ1) is 10.7. The summed E-state index contributed by atoms with van der Waals surface area (Å²) < 4.78 is 14.0. The van der Waals surface area contributed by atoms with Gasteiger partial charge in [-0.2, -0.15) is 0 Å². The summed E-state index contributed by atoms with van der Waals surface area (Å²) in [5.41, 5.74) is -2.61. The van der Waals surface area contributed by atoms with Gasteiger partial charge in [0.1, 0.15) is 11.1 Å². The predicted octanol–water partition coefficient (Wildman–Crippen LogP) is 0.975. The Morgan fingerprint density at radius 2 is 2.08 bits per heavy atom. The van der Waals surface area contributed by atoms with E-state index in [2.05, 4.69) is 5.32 Å². The van der Waals surface area contributed by atoms with Crippen molar-refractivity contribution in [2.75, 3.05) is 13.1 Å². The molecular formula is C8H13ClFNO2. The summed E-state index contributed by atoms with van der Waals surface area (Å²) in [5, 5.41) is 11.8. The second kappa shape index (κ2) is 3.10. The summed E-state index contributed by atoms with van der Waals surface area (Å²) in [5.74, 6) is -0.979. The summed E-state index contributed by atoms with van der Waals surface area (Å²) in [6, 6.07) is 0. The molecule has 0 radical (unpaired) electrons. The maximum Gasteiger partial charge on any atom is 0.314 e. The first-order chi connectivity index (χ1) is 5.61. The van der Waals surface area contributed by atoms with Crippen LogP contribution in [0.3, 0.4) is 0 Å². The Bertz CT molecular complexity index is 224. The zero-order valence-electron chi connectivity index (χ0n) is 7.18. The summed E-state index contributed by atoms with van der Waals surface area (Å²) >= 11 is 0. The zero-order chi connectivity index (χ0) is 8.82. The normalized spacial score (nSPS) is 42.5. The minimum Gasteiger partial charge on any atom is -0.481 e. The number of hydrogen-bond donors (Lipinski definition) is 2. The number of carbonyl (C=O) groups is 1. The second-order valence-corrected chi connectivity index (χ2v) is 3.81. The lowest BCUT2D eigenvalue weighted by molar-refractivity contribution is -0.153. The van der Waals surface area contributed by atoms with Gasteiger partial charge in [0.15, 0.2) is 0 Å². The molecule has 76 valence electrons. The van der Waals surface area contributed by atoms with E-state index < -0.39 is 17.1 Å². The number of nitrogens with one attached hydrogen (secondary N) is 1. The number of rotatable bonds is 1. The van der Waals surface area contributed by atoms with Gasteiger partial charge in [-0.3, -0.25) is 4.79 Å². The molecule has 1 aliphatic carbocycles. The van der Waals surface area contributed by atoms with Gasteiger partial charge >= 0.3 is 5.97 Å². The fourth-order valence-corrected chi connectivity index (χ4v) is 2.49. The average Bonchev–Trinajstić information content (AvgIpc) is 2.41. The quantitative estimate of drug-likeness (QED) is 0.677. The molecule has 13 heavy (non-hydrogen) atoms. The third-order valence-electron chi connectivity index (χ3n) is 3.28. The molecule has 0 bridgehead atoms. The molecule has 2 N–H and O–H groups in total. The Morgan fingerprint density at radius 3 is 2.62 bits per heavy atom. The highest BCUT2D eigenvalue weighted by Gasteiger charge is 2.63. The molecule has 2 unspecified atom stereocenters. The first-order valence-electron chi connectivity index (χ1n) is 4.24. The molecule has 1 heterocycles. The zero-order valence-corrected chi connectivity index (χ0v) is 7.99. The van der Waals surface area contributed by atoms with E-state index in [1.54, 1.807) is 0 Å². The van der Waals surface area contributed by atoms with Crippen LogP contribution in [0.15, 0.2) is 0 Å². The highest BCUT2D eigenvalue weighted by Crippen LogP contribution is 2.51. The standard InChI is InChI=1S/C8H12FNO2.ClH/c9-8-3-1-2-7(8,6(11)12)4-10-5-8;/h10H,1-5H2,(H,11,12);1H. The number of alkyl halides is 1. The minimum atomic E-state index is -1.49. The van der Waals surface area contributed by atoms with Gasteiger partial charge in [0, 0.05) is 13.1 Å². The second-order valence-electron chi connectivity index (χ2n) is 3.81. The SMILES string of the molecule is Cl.O=C(O)C12CCCC1(F)CNC2. The summed E-state index contributed by atoms with van der Waals surface area (Å²) in [7, 11) is 0. The maximum absolute atomic E-state index is 14.0. The van der Waals surface area contributed by atoms with E-state index in [0.717, 1.165) is 0 Å². The van der Waals surface area contributed by atoms with Crippen LogP contribution in [0.2, 0.25) is 0 Å². The van der Waals surface area contributed by atoms with Gasteiger partial charge in [-0.05, 0) is 19.3 Å². The van der Waals surface area contributed by atoms with Crippen LogP contribution in [-0.4, -0.2) is 29.8 Å². The molecule has 0 amide bonds. The van der Waals surface area contributed by atoms with Gasteiger partial charge in [-0.1, -0.05) is 0 Å². The van der Waals surface area contributed by atoms with Crippen molar-refractivity contribution >= 4 is 18.4 Å². The fraction of sp³-hybridized carbons (Fsp3) is 0.875. The molecule has 0 spiro atoms. The van der Waals surface area contributed by atoms with Gasteiger partial charge in [0.05, 0.1) is 0 Å². The predicted molar refractivity (Wildman–Crippen MR) is 47.9 cm³/mol. The van der Waals surface area contributed by atoms with Crippen LogP contribution < -0.4 is 5.32 Å². The van der Waals surface area contributed by atoms with Gasteiger partial charge in [0.2, 0.25) is 0 Å². The van der Waals surface area contributed by atoms with Crippen molar-refractivity contribution in [2.24, 2.45) is 5.41 Å². The molecule has 2 atom stereocenters. The Labute approximate surface area is 82.1 Å². The van der Waals surface area contributed by atoms with Gasteiger partial charge in [-0.15, -0.1) is 12.4 Å². The van der Waals surface area contributed by atoms with Crippen LogP contribution in [-0.2, 0) is 4.79 Å². The van der Waals surface area contributed by atoms with E-state index in [1.165, 1.54) is 0 Å². The molecule has 2 rings (SSSR count). The van der Waals surface area contributed by atoms with Crippen LogP contribution in [0.5, 0.6) is 0 Å². The lowest BCUT2D eigenvalue weighted by atomic mass is 9.78. The Balaban J connectivity index is 0.000000845. The molecule has 1 aliphatic heterocycles. The molecule has 1 saturated heterocycles. The van der Waals surface area contributed by atoms with E-state index in [0.29, 0.717) is 25.8 Å². The molecule has 3 nitrogen and oxygen atoms in total. The van der Waals surface area contributed by atoms with E-state index in [-0.39, 0.29) is 19.0 Å². The van der Waals surface area contributed by atoms with E-state index in [1.807, 2.05) is 0 Å². The topological polar surface area (TPSA) is 49.3 Å². The van der Waals surface area contributed by atoms with Crippen LogP contribution in [0.4, 0.5) is 4.39 Å². The Morgan fingerprint density at radius 1 is 1.38 bits per heavy atom. The number of carboxylic acids is 1. The molecule has 1 saturated carbocycles. The lowest BCUT2D eigenvalue weighted by Crippen LogP contribution is -2.45. The van der Waals surface area contributed by atoms with Crippen LogP contribution in [0.1, 0.15) is 19.3 Å². The number of fused-ring (bicyclic) bond motifs is 1. The Kier molecular flexibility index (Phi) is 2.56. The van der Waals surface area contributed by atoms with Gasteiger partial charge in [-0.25, -0.2) is 4.39 Å². The number of hydrogen-bond acceptors (Lipinski definition) is 2. The summed E-state index contributed by atoms with van der Waals surface area (Å²) in [4.78, 5) is 10.9. The van der Waals surface area contributed by atoms with Gasteiger partial charge in [0.25, 0.3) is 0 Å². The van der Waals surface area contributed by atoms with Crippen LogP contribution in [0.25, 0.3) is 0 Å². The fourth-order valence-electron chi connectivity index (χ4n) is 2.49. The van der Waals surface area contributed by atoms with Gasteiger partial charge < -0.3 is 10.4 Å². The Hall–Kier alpha value is -0.350. The number of carboxylic acid groups (broad SMARTS) is 1. The van der Waals surface area contributed by atoms with Crippen LogP contribution in [0, 0.1) is 5.41 Å². The van der Waals surface area contributed by atoms with Crippen molar-refractivity contribution in [2.45, 2.75) is 24.9 Å².